The Kier molecular flexibility index (Phi) is 5.59. The van der Waals surface area contributed by atoms with Gasteiger partial charge in [0.05, 0.1) is 6.61 Å². The van der Waals surface area contributed by atoms with Crippen LogP contribution in [0.2, 0.25) is 0 Å². The van der Waals surface area contributed by atoms with Gasteiger partial charge in [0.2, 0.25) is 0 Å². The molecule has 0 saturated heterocycles. The summed E-state index contributed by atoms with van der Waals surface area (Å²) < 4.78 is 32.0. The zero-order chi connectivity index (χ0) is 15.2. The van der Waals surface area contributed by atoms with Crippen LogP contribution < -0.4 is 10.5 Å². The molecule has 2 aromatic rings. The molecule has 0 saturated carbocycles. The van der Waals surface area contributed by atoms with Crippen LogP contribution in [-0.4, -0.2) is 12.4 Å². The Hall–Kier alpha value is -1.59. The van der Waals surface area contributed by atoms with E-state index in [2.05, 4.69) is 0 Å². The molecule has 0 aromatic heterocycles. The highest BCUT2D eigenvalue weighted by Crippen LogP contribution is 2.30. The molecular formula is C16H17F2NOS. The van der Waals surface area contributed by atoms with E-state index in [1.54, 1.807) is 0 Å². The molecule has 21 heavy (non-hydrogen) atoms. The first kappa shape index (κ1) is 15.8. The minimum absolute atomic E-state index is 0.290. The van der Waals surface area contributed by atoms with E-state index in [4.69, 9.17) is 10.5 Å². The molecule has 1 unspecified atom stereocenters. The van der Waals surface area contributed by atoms with Gasteiger partial charge < -0.3 is 10.5 Å². The molecule has 0 amide bonds. The molecule has 5 heteroatoms. The summed E-state index contributed by atoms with van der Waals surface area (Å²) >= 11 is 1.26. The van der Waals surface area contributed by atoms with Crippen molar-refractivity contribution >= 4 is 11.8 Å². The fourth-order valence-electron chi connectivity index (χ4n) is 1.94. The molecule has 0 aliphatic heterocycles. The van der Waals surface area contributed by atoms with Crippen molar-refractivity contribution in [1.82, 2.24) is 0 Å². The van der Waals surface area contributed by atoms with Gasteiger partial charge >= 0.3 is 0 Å². The van der Waals surface area contributed by atoms with Crippen LogP contribution in [-0.2, 0) is 0 Å². The summed E-state index contributed by atoms with van der Waals surface area (Å²) in [5.74, 6) is 0.0768. The van der Waals surface area contributed by atoms with Crippen LogP contribution in [0.5, 0.6) is 5.75 Å². The second-order valence-electron chi connectivity index (χ2n) is 4.46. The lowest BCUT2D eigenvalue weighted by atomic mass is 10.1. The van der Waals surface area contributed by atoms with E-state index in [9.17, 15) is 8.78 Å². The number of rotatable bonds is 6. The Balaban J connectivity index is 2.06. The van der Waals surface area contributed by atoms with Crippen LogP contribution in [0.3, 0.4) is 0 Å². The van der Waals surface area contributed by atoms with Crippen molar-refractivity contribution in [3.05, 3.63) is 59.7 Å². The van der Waals surface area contributed by atoms with E-state index in [1.807, 2.05) is 31.2 Å². The molecule has 0 heterocycles. The van der Waals surface area contributed by atoms with Crippen molar-refractivity contribution in [3.8, 4) is 5.75 Å². The topological polar surface area (TPSA) is 35.2 Å². The molecule has 1 atom stereocenters. The molecule has 0 aliphatic carbocycles. The predicted molar refractivity (Wildman–Crippen MR) is 81.6 cm³/mol. The maximum absolute atomic E-state index is 13.6. The Morgan fingerprint density at radius 2 is 1.95 bits per heavy atom. The number of ether oxygens (including phenoxy) is 1. The van der Waals surface area contributed by atoms with E-state index < -0.39 is 11.6 Å². The van der Waals surface area contributed by atoms with Crippen LogP contribution in [0, 0.1) is 11.6 Å². The summed E-state index contributed by atoms with van der Waals surface area (Å²) in [6.45, 7) is 2.47. The van der Waals surface area contributed by atoms with Crippen molar-refractivity contribution in [2.75, 3.05) is 12.4 Å². The lowest BCUT2D eigenvalue weighted by Crippen LogP contribution is -2.14. The normalized spacial score (nSPS) is 12.2. The van der Waals surface area contributed by atoms with E-state index in [0.29, 0.717) is 17.3 Å². The highest BCUT2D eigenvalue weighted by molar-refractivity contribution is 7.99. The standard InChI is InChI=1S/C16H17F2NOS/c1-2-20-15-6-4-3-5-12(15)14(19)10-21-16-8-7-11(17)9-13(16)18/h3-9,14H,2,10,19H2,1H3. The van der Waals surface area contributed by atoms with Gasteiger partial charge in [-0.3, -0.25) is 0 Å². The smallest absolute Gasteiger partial charge is 0.139 e. The van der Waals surface area contributed by atoms with Crippen molar-refractivity contribution in [2.24, 2.45) is 5.73 Å². The number of para-hydroxylation sites is 1. The van der Waals surface area contributed by atoms with Crippen LogP contribution in [0.4, 0.5) is 8.78 Å². The zero-order valence-electron chi connectivity index (χ0n) is 11.7. The summed E-state index contributed by atoms with van der Waals surface area (Å²) in [7, 11) is 0. The monoisotopic (exact) mass is 309 g/mol. The third-order valence-corrected chi connectivity index (χ3v) is 4.10. The Bertz CT molecular complexity index is 607. The van der Waals surface area contributed by atoms with Gasteiger partial charge in [-0.25, -0.2) is 8.78 Å². The third kappa shape index (κ3) is 4.19. The van der Waals surface area contributed by atoms with E-state index in [0.717, 1.165) is 17.4 Å². The summed E-state index contributed by atoms with van der Waals surface area (Å²) in [5.41, 5.74) is 7.04. The van der Waals surface area contributed by atoms with Gasteiger partial charge in [0, 0.05) is 28.3 Å². The quantitative estimate of drug-likeness (QED) is 0.814. The minimum Gasteiger partial charge on any atom is -0.494 e. The minimum atomic E-state index is -0.581. The van der Waals surface area contributed by atoms with Gasteiger partial charge in [0.1, 0.15) is 17.4 Å². The second-order valence-corrected chi connectivity index (χ2v) is 5.52. The molecule has 2 N–H and O–H groups in total. The van der Waals surface area contributed by atoms with E-state index in [-0.39, 0.29) is 6.04 Å². The molecule has 0 radical (unpaired) electrons. The second kappa shape index (κ2) is 7.43. The van der Waals surface area contributed by atoms with Gasteiger partial charge in [-0.15, -0.1) is 11.8 Å². The lowest BCUT2D eigenvalue weighted by molar-refractivity contribution is 0.335. The van der Waals surface area contributed by atoms with Gasteiger partial charge in [-0.2, -0.15) is 0 Å². The first-order valence-corrected chi connectivity index (χ1v) is 7.65. The number of hydrogen-bond donors (Lipinski definition) is 1. The maximum atomic E-state index is 13.6. The number of thioether (sulfide) groups is 1. The molecule has 0 bridgehead atoms. The predicted octanol–water partition coefficient (Wildman–Crippen LogP) is 4.16. The number of benzene rings is 2. The van der Waals surface area contributed by atoms with Gasteiger partial charge in [-0.05, 0) is 25.1 Å². The molecule has 0 spiro atoms. The van der Waals surface area contributed by atoms with Crippen LogP contribution >= 0.6 is 11.8 Å². The van der Waals surface area contributed by atoms with Crippen molar-refractivity contribution in [1.29, 1.82) is 0 Å². The summed E-state index contributed by atoms with van der Waals surface area (Å²) in [4.78, 5) is 0.390. The fraction of sp³-hybridized carbons (Fsp3) is 0.250. The van der Waals surface area contributed by atoms with Crippen molar-refractivity contribution in [2.45, 2.75) is 17.9 Å². The molecule has 2 rings (SSSR count). The van der Waals surface area contributed by atoms with Crippen LogP contribution in [0.15, 0.2) is 47.4 Å². The molecular weight excluding hydrogens is 292 g/mol. The van der Waals surface area contributed by atoms with Crippen molar-refractivity contribution in [3.63, 3.8) is 0 Å². The maximum Gasteiger partial charge on any atom is 0.139 e. The van der Waals surface area contributed by atoms with E-state index in [1.165, 1.54) is 23.9 Å². The number of hydrogen-bond acceptors (Lipinski definition) is 3. The lowest BCUT2D eigenvalue weighted by Gasteiger charge is -2.16. The Morgan fingerprint density at radius 1 is 1.19 bits per heavy atom. The molecule has 0 fully saturated rings. The van der Waals surface area contributed by atoms with Gasteiger partial charge in [0.25, 0.3) is 0 Å². The fourth-order valence-corrected chi connectivity index (χ4v) is 2.84. The highest BCUT2D eigenvalue weighted by Gasteiger charge is 2.13. The third-order valence-electron chi connectivity index (χ3n) is 2.93. The Labute approximate surface area is 127 Å². The first-order chi connectivity index (χ1) is 10.1. The molecule has 0 aliphatic rings. The SMILES string of the molecule is CCOc1ccccc1C(N)CSc1ccc(F)cc1F. The van der Waals surface area contributed by atoms with Gasteiger partial charge in [-0.1, -0.05) is 18.2 Å². The average Bonchev–Trinajstić information content (AvgIpc) is 2.47. The number of nitrogens with two attached hydrogens (primary N) is 1. The van der Waals surface area contributed by atoms with E-state index >= 15 is 0 Å². The zero-order valence-corrected chi connectivity index (χ0v) is 12.5. The molecule has 2 nitrogen and oxygen atoms in total. The van der Waals surface area contributed by atoms with Crippen molar-refractivity contribution < 1.29 is 13.5 Å². The summed E-state index contributed by atoms with van der Waals surface area (Å²) in [5, 5.41) is 0. The largest absolute Gasteiger partial charge is 0.494 e. The van der Waals surface area contributed by atoms with Crippen LogP contribution in [0.25, 0.3) is 0 Å². The first-order valence-electron chi connectivity index (χ1n) is 6.67. The summed E-state index contributed by atoms with van der Waals surface area (Å²) in [6.07, 6.45) is 0. The summed E-state index contributed by atoms with van der Waals surface area (Å²) in [6, 6.07) is 10.8. The Morgan fingerprint density at radius 3 is 2.67 bits per heavy atom. The van der Waals surface area contributed by atoms with Gasteiger partial charge in [0.15, 0.2) is 0 Å². The molecule has 2 aromatic carbocycles. The van der Waals surface area contributed by atoms with Crippen LogP contribution in [0.1, 0.15) is 18.5 Å². The highest BCUT2D eigenvalue weighted by atomic mass is 32.2. The molecule has 112 valence electrons. The number of halogens is 2. The average molecular weight is 309 g/mol.